The van der Waals surface area contributed by atoms with Crippen molar-refractivity contribution in [1.29, 1.82) is 0 Å². The molecular formula is C17H17F5N4O. The molecule has 5 nitrogen and oxygen atoms in total. The van der Waals surface area contributed by atoms with Crippen molar-refractivity contribution in [3.05, 3.63) is 53.1 Å². The number of halogens is 5. The van der Waals surface area contributed by atoms with E-state index in [2.05, 4.69) is 10.3 Å². The number of alkyl halides is 3. The van der Waals surface area contributed by atoms with E-state index >= 15 is 0 Å². The number of urea groups is 1. The molecule has 1 aromatic carbocycles. The highest BCUT2D eigenvalue weighted by Gasteiger charge is 2.44. The molecule has 0 fully saturated rings. The number of carbonyl (C=O) groups is 1. The molecule has 2 heterocycles. The summed E-state index contributed by atoms with van der Waals surface area (Å²) in [5.74, 6) is -2.21. The number of hydrogen-bond donors (Lipinski definition) is 2. The Morgan fingerprint density at radius 1 is 1.33 bits per heavy atom. The highest BCUT2D eigenvalue weighted by atomic mass is 19.4. The van der Waals surface area contributed by atoms with Crippen LogP contribution < -0.4 is 10.6 Å². The van der Waals surface area contributed by atoms with Crippen LogP contribution in [0.1, 0.15) is 29.5 Å². The number of nitrogens with one attached hydrogen (secondary N) is 2. The van der Waals surface area contributed by atoms with Gasteiger partial charge in [-0.15, -0.1) is 0 Å². The number of aryl methyl sites for hydroxylation is 2. The zero-order valence-corrected chi connectivity index (χ0v) is 14.3. The summed E-state index contributed by atoms with van der Waals surface area (Å²) in [4.78, 5) is 16.4. The molecule has 2 atom stereocenters. The number of hydrogen-bond acceptors (Lipinski definition) is 2. The molecule has 1 aliphatic heterocycles. The molecule has 27 heavy (non-hydrogen) atoms. The number of fused-ring (bicyclic) bond motifs is 1. The topological polar surface area (TPSA) is 59.0 Å². The van der Waals surface area contributed by atoms with E-state index in [1.807, 2.05) is 11.5 Å². The first-order chi connectivity index (χ1) is 12.6. The van der Waals surface area contributed by atoms with Gasteiger partial charge in [0.25, 0.3) is 0 Å². The van der Waals surface area contributed by atoms with Gasteiger partial charge in [-0.25, -0.2) is 18.6 Å². The predicted octanol–water partition coefficient (Wildman–Crippen LogP) is 3.39. The number of benzene rings is 1. The maximum Gasteiger partial charge on any atom is 0.413 e. The lowest BCUT2D eigenvalue weighted by molar-refractivity contribution is -0.155. The third-order valence-corrected chi connectivity index (χ3v) is 4.34. The summed E-state index contributed by atoms with van der Waals surface area (Å²) >= 11 is 0. The van der Waals surface area contributed by atoms with Gasteiger partial charge in [0.15, 0.2) is 17.7 Å². The van der Waals surface area contributed by atoms with Crippen LogP contribution in [0.2, 0.25) is 0 Å². The lowest BCUT2D eigenvalue weighted by Crippen LogP contribution is -2.49. The van der Waals surface area contributed by atoms with E-state index in [0.717, 1.165) is 23.7 Å². The van der Waals surface area contributed by atoms with E-state index in [0.29, 0.717) is 25.5 Å². The second kappa shape index (κ2) is 7.16. The zero-order chi connectivity index (χ0) is 19.8. The Bertz CT molecular complexity index is 848. The Labute approximate surface area is 151 Å². The Balaban J connectivity index is 1.71. The number of carbonyl (C=O) groups excluding carboxylic acids is 1. The largest absolute Gasteiger partial charge is 0.413 e. The molecule has 2 amide bonds. The third-order valence-electron chi connectivity index (χ3n) is 4.34. The van der Waals surface area contributed by atoms with Crippen LogP contribution in [0.5, 0.6) is 0 Å². The first kappa shape index (κ1) is 19.1. The van der Waals surface area contributed by atoms with Crippen LogP contribution in [0.3, 0.4) is 0 Å². The van der Waals surface area contributed by atoms with Crippen LogP contribution in [0, 0.1) is 18.6 Å². The van der Waals surface area contributed by atoms with Crippen molar-refractivity contribution < 1.29 is 26.7 Å². The fourth-order valence-corrected chi connectivity index (χ4v) is 3.14. The normalized spacial score (nSPS) is 17.9. The van der Waals surface area contributed by atoms with Crippen molar-refractivity contribution in [2.45, 2.75) is 44.6 Å². The van der Waals surface area contributed by atoms with Gasteiger partial charge in [-0.3, -0.25) is 0 Å². The molecule has 0 saturated carbocycles. The summed E-state index contributed by atoms with van der Waals surface area (Å²) in [6, 6.07) is -1.72. The minimum atomic E-state index is -4.99. The molecular weight excluding hydrogens is 371 g/mol. The quantitative estimate of drug-likeness (QED) is 0.792. The summed E-state index contributed by atoms with van der Waals surface area (Å²) in [5.41, 5.74) is -0.164. The fraction of sp³-hybridized carbons (Fsp3) is 0.412. The highest BCUT2D eigenvalue weighted by molar-refractivity contribution is 5.75. The smallest absolute Gasteiger partial charge is 0.334 e. The van der Waals surface area contributed by atoms with Gasteiger partial charge in [-0.2, -0.15) is 13.2 Å². The van der Waals surface area contributed by atoms with Crippen LogP contribution in [0.15, 0.2) is 24.4 Å². The lowest BCUT2D eigenvalue weighted by Gasteiger charge is -2.27. The van der Waals surface area contributed by atoms with Gasteiger partial charge in [-0.1, -0.05) is 12.1 Å². The molecule has 146 valence electrons. The van der Waals surface area contributed by atoms with E-state index < -0.39 is 41.5 Å². The van der Waals surface area contributed by atoms with Crippen molar-refractivity contribution in [3.63, 3.8) is 0 Å². The Hall–Kier alpha value is -2.65. The number of amides is 2. The zero-order valence-electron chi connectivity index (χ0n) is 14.3. The maximum absolute atomic E-state index is 13.8. The summed E-state index contributed by atoms with van der Waals surface area (Å²) in [5, 5.41) is 4.17. The average Bonchev–Trinajstić information content (AvgIpc) is 2.94. The fourth-order valence-electron chi connectivity index (χ4n) is 3.14. The van der Waals surface area contributed by atoms with Crippen LogP contribution in [0.25, 0.3) is 0 Å². The Morgan fingerprint density at radius 3 is 2.78 bits per heavy atom. The SMILES string of the molecule is Cc1cn2c(n1)CCC(NC(=O)NC(c1cccc(F)c1F)C(F)(F)F)C2. The van der Waals surface area contributed by atoms with Crippen molar-refractivity contribution in [2.75, 3.05) is 0 Å². The lowest BCUT2D eigenvalue weighted by atomic mass is 10.1. The standard InChI is InChI=1S/C17H17F5N4O/c1-9-7-26-8-10(5-6-13(26)23-9)24-16(27)25-15(17(20,21)22)11-3-2-4-12(18)14(11)19/h2-4,7,10,15H,5-6,8H2,1H3,(H2,24,25,27). The summed E-state index contributed by atoms with van der Waals surface area (Å²) in [6.45, 7) is 2.19. The van der Waals surface area contributed by atoms with Crippen LogP contribution in [-0.2, 0) is 13.0 Å². The second-order valence-electron chi connectivity index (χ2n) is 6.42. The number of rotatable bonds is 3. The van der Waals surface area contributed by atoms with Crippen molar-refractivity contribution in [3.8, 4) is 0 Å². The molecule has 2 unspecified atom stereocenters. The molecule has 0 radical (unpaired) electrons. The van der Waals surface area contributed by atoms with Gasteiger partial charge < -0.3 is 15.2 Å². The van der Waals surface area contributed by atoms with Crippen LogP contribution >= 0.6 is 0 Å². The van der Waals surface area contributed by atoms with Crippen LogP contribution in [0.4, 0.5) is 26.7 Å². The molecule has 1 aliphatic rings. The van der Waals surface area contributed by atoms with Gasteiger partial charge in [-0.05, 0) is 19.4 Å². The first-order valence-corrected chi connectivity index (χ1v) is 8.25. The first-order valence-electron chi connectivity index (χ1n) is 8.25. The maximum atomic E-state index is 13.8. The summed E-state index contributed by atoms with van der Waals surface area (Å²) in [7, 11) is 0. The molecule has 0 saturated heterocycles. The Kier molecular flexibility index (Phi) is 5.07. The molecule has 2 N–H and O–H groups in total. The van der Waals surface area contributed by atoms with Gasteiger partial charge in [0.1, 0.15) is 5.82 Å². The minimum Gasteiger partial charge on any atom is -0.334 e. The average molecular weight is 388 g/mol. The summed E-state index contributed by atoms with van der Waals surface area (Å²) < 4.78 is 68.9. The van der Waals surface area contributed by atoms with Gasteiger partial charge in [0.2, 0.25) is 0 Å². The monoisotopic (exact) mass is 388 g/mol. The van der Waals surface area contributed by atoms with Crippen LogP contribution in [-0.4, -0.2) is 27.8 Å². The molecule has 1 aromatic heterocycles. The second-order valence-corrected chi connectivity index (χ2v) is 6.42. The van der Waals surface area contributed by atoms with E-state index in [-0.39, 0.29) is 0 Å². The number of aromatic nitrogens is 2. The number of nitrogens with zero attached hydrogens (tertiary/aromatic N) is 2. The molecule has 3 rings (SSSR count). The third kappa shape index (κ3) is 4.20. The number of imidazole rings is 1. The highest BCUT2D eigenvalue weighted by Crippen LogP contribution is 2.34. The van der Waals surface area contributed by atoms with E-state index in [4.69, 9.17) is 0 Å². The van der Waals surface area contributed by atoms with E-state index in [1.165, 1.54) is 0 Å². The van der Waals surface area contributed by atoms with Crippen molar-refractivity contribution in [1.82, 2.24) is 20.2 Å². The molecule has 0 bridgehead atoms. The molecule has 2 aromatic rings. The van der Waals surface area contributed by atoms with Gasteiger partial charge in [0, 0.05) is 30.8 Å². The van der Waals surface area contributed by atoms with Crippen molar-refractivity contribution in [2.24, 2.45) is 0 Å². The minimum absolute atomic E-state index is 0.370. The van der Waals surface area contributed by atoms with Gasteiger partial charge >= 0.3 is 12.2 Å². The Morgan fingerprint density at radius 2 is 2.07 bits per heavy atom. The van der Waals surface area contributed by atoms with E-state index in [9.17, 15) is 26.7 Å². The van der Waals surface area contributed by atoms with Gasteiger partial charge in [0.05, 0.1) is 5.69 Å². The van der Waals surface area contributed by atoms with E-state index in [1.54, 1.807) is 11.5 Å². The summed E-state index contributed by atoms with van der Waals surface area (Å²) in [6.07, 6.45) is -2.12. The molecule has 0 spiro atoms. The molecule has 0 aliphatic carbocycles. The molecule has 10 heteroatoms. The van der Waals surface area contributed by atoms with Crippen molar-refractivity contribution >= 4 is 6.03 Å². The predicted molar refractivity (Wildman–Crippen MR) is 85.9 cm³/mol.